The Morgan fingerprint density at radius 2 is 1.81 bits per heavy atom. The van der Waals surface area contributed by atoms with Gasteiger partial charge in [0.2, 0.25) is 0 Å². The quantitative estimate of drug-likeness (QED) is 0.659. The fraction of sp³-hybridized carbons (Fsp3) is 0. The number of nitrogens with zero attached hydrogens (tertiary/aromatic N) is 2. The molecule has 1 heterocycles. The number of para-hydroxylation sites is 1. The number of hydrogen-bond acceptors (Lipinski definition) is 1. The molecule has 3 heteroatoms. The second-order valence-corrected chi connectivity index (χ2v) is 4.53. The second kappa shape index (κ2) is 3.76. The van der Waals surface area contributed by atoms with Crippen LogP contribution < -0.4 is 0 Å². The zero-order chi connectivity index (χ0) is 11.0. The maximum absolute atomic E-state index is 4.53. The van der Waals surface area contributed by atoms with E-state index in [2.05, 4.69) is 27.1 Å². The first-order valence-corrected chi connectivity index (χ1v) is 5.82. The Kier molecular flexibility index (Phi) is 2.26. The van der Waals surface area contributed by atoms with Gasteiger partial charge in [0, 0.05) is 16.1 Å². The Morgan fingerprint density at radius 3 is 2.62 bits per heavy atom. The van der Waals surface area contributed by atoms with Crippen LogP contribution in [0.25, 0.3) is 16.6 Å². The van der Waals surface area contributed by atoms with Crippen LogP contribution in [0, 0.1) is 0 Å². The van der Waals surface area contributed by atoms with Crippen molar-refractivity contribution in [1.82, 2.24) is 9.78 Å². The minimum atomic E-state index is 0.998. The molecule has 0 amide bonds. The molecule has 0 saturated carbocycles. The standard InChI is InChI=1S/C13H9BrN2/c14-11-7-6-10-9-16(15-13(10)8-11)12-4-2-1-3-5-12/h1-9H. The Morgan fingerprint density at radius 1 is 1.00 bits per heavy atom. The van der Waals surface area contributed by atoms with Gasteiger partial charge < -0.3 is 0 Å². The highest BCUT2D eigenvalue weighted by atomic mass is 79.9. The van der Waals surface area contributed by atoms with E-state index in [0.29, 0.717) is 0 Å². The van der Waals surface area contributed by atoms with Gasteiger partial charge in [0.1, 0.15) is 0 Å². The van der Waals surface area contributed by atoms with Crippen molar-refractivity contribution in [3.63, 3.8) is 0 Å². The lowest BCUT2D eigenvalue weighted by atomic mass is 10.3. The largest absolute Gasteiger partial charge is 0.240 e. The molecule has 16 heavy (non-hydrogen) atoms. The van der Waals surface area contributed by atoms with Crippen molar-refractivity contribution in [2.75, 3.05) is 0 Å². The van der Waals surface area contributed by atoms with Crippen molar-refractivity contribution in [2.45, 2.75) is 0 Å². The normalized spacial score (nSPS) is 10.8. The molecule has 0 radical (unpaired) electrons. The lowest BCUT2D eigenvalue weighted by Crippen LogP contribution is -1.92. The first-order chi connectivity index (χ1) is 7.83. The number of fused-ring (bicyclic) bond motifs is 1. The molecule has 0 spiro atoms. The molecular formula is C13H9BrN2. The zero-order valence-corrected chi connectivity index (χ0v) is 10.1. The first-order valence-electron chi connectivity index (χ1n) is 5.03. The maximum atomic E-state index is 4.53. The molecule has 0 unspecified atom stereocenters. The van der Waals surface area contributed by atoms with Crippen molar-refractivity contribution in [2.24, 2.45) is 0 Å². The number of rotatable bonds is 1. The Hall–Kier alpha value is -1.61. The van der Waals surface area contributed by atoms with E-state index < -0.39 is 0 Å². The highest BCUT2D eigenvalue weighted by Gasteiger charge is 2.02. The Labute approximate surface area is 102 Å². The van der Waals surface area contributed by atoms with E-state index in [0.717, 1.165) is 21.1 Å². The van der Waals surface area contributed by atoms with Gasteiger partial charge in [-0.3, -0.25) is 0 Å². The van der Waals surface area contributed by atoms with Gasteiger partial charge in [-0.05, 0) is 24.3 Å². The number of hydrogen-bond donors (Lipinski definition) is 0. The smallest absolute Gasteiger partial charge is 0.0938 e. The van der Waals surface area contributed by atoms with Crippen LogP contribution in [-0.2, 0) is 0 Å². The average Bonchev–Trinajstić information content (AvgIpc) is 2.73. The van der Waals surface area contributed by atoms with Gasteiger partial charge in [0.05, 0.1) is 11.2 Å². The summed E-state index contributed by atoms with van der Waals surface area (Å²) in [5.41, 5.74) is 2.08. The number of halogens is 1. The predicted octanol–water partition coefficient (Wildman–Crippen LogP) is 3.79. The summed E-state index contributed by atoms with van der Waals surface area (Å²) in [6.45, 7) is 0. The summed E-state index contributed by atoms with van der Waals surface area (Å²) >= 11 is 3.45. The number of benzene rings is 2. The topological polar surface area (TPSA) is 17.8 Å². The molecule has 3 aromatic rings. The monoisotopic (exact) mass is 272 g/mol. The summed E-state index contributed by atoms with van der Waals surface area (Å²) in [5, 5.41) is 5.68. The molecule has 1 aromatic heterocycles. The minimum Gasteiger partial charge on any atom is -0.240 e. The fourth-order valence-corrected chi connectivity index (χ4v) is 2.05. The molecule has 0 atom stereocenters. The molecule has 3 rings (SSSR count). The van der Waals surface area contributed by atoms with Gasteiger partial charge in [-0.25, -0.2) is 4.68 Å². The summed E-state index contributed by atoms with van der Waals surface area (Å²) in [5.74, 6) is 0. The molecule has 0 fully saturated rings. The van der Waals surface area contributed by atoms with Crippen molar-refractivity contribution in [3.05, 3.63) is 59.2 Å². The van der Waals surface area contributed by atoms with Crippen LogP contribution in [0.3, 0.4) is 0 Å². The van der Waals surface area contributed by atoms with Gasteiger partial charge in [0.15, 0.2) is 0 Å². The van der Waals surface area contributed by atoms with Crippen molar-refractivity contribution in [3.8, 4) is 5.69 Å². The van der Waals surface area contributed by atoms with Gasteiger partial charge in [-0.15, -0.1) is 0 Å². The fourth-order valence-electron chi connectivity index (χ4n) is 1.70. The summed E-state index contributed by atoms with van der Waals surface area (Å²) in [6, 6.07) is 16.2. The summed E-state index contributed by atoms with van der Waals surface area (Å²) in [4.78, 5) is 0. The van der Waals surface area contributed by atoms with Gasteiger partial charge in [0.25, 0.3) is 0 Å². The van der Waals surface area contributed by atoms with E-state index >= 15 is 0 Å². The van der Waals surface area contributed by atoms with Gasteiger partial charge >= 0.3 is 0 Å². The molecule has 0 aliphatic carbocycles. The van der Waals surface area contributed by atoms with Crippen LogP contribution in [0.2, 0.25) is 0 Å². The predicted molar refractivity (Wildman–Crippen MR) is 68.8 cm³/mol. The van der Waals surface area contributed by atoms with Gasteiger partial charge in [-0.1, -0.05) is 40.2 Å². The Bertz CT molecular complexity index is 629. The third-order valence-corrected chi connectivity index (χ3v) is 2.98. The molecule has 0 aliphatic rings. The minimum absolute atomic E-state index is 0.998. The summed E-state index contributed by atoms with van der Waals surface area (Å²) < 4.78 is 2.95. The summed E-state index contributed by atoms with van der Waals surface area (Å²) in [6.07, 6.45) is 2.04. The summed E-state index contributed by atoms with van der Waals surface area (Å²) in [7, 11) is 0. The average molecular weight is 273 g/mol. The maximum Gasteiger partial charge on any atom is 0.0938 e. The van der Waals surface area contributed by atoms with Crippen molar-refractivity contribution >= 4 is 26.8 Å². The van der Waals surface area contributed by atoms with Crippen molar-refractivity contribution in [1.29, 1.82) is 0 Å². The third kappa shape index (κ3) is 1.63. The molecule has 0 N–H and O–H groups in total. The molecule has 78 valence electrons. The molecule has 2 aromatic carbocycles. The molecule has 2 nitrogen and oxygen atoms in total. The SMILES string of the molecule is Brc1ccc2cn(-c3ccccc3)nc2c1. The van der Waals surface area contributed by atoms with E-state index in [4.69, 9.17) is 0 Å². The number of aromatic nitrogens is 2. The van der Waals surface area contributed by atoms with E-state index in [9.17, 15) is 0 Å². The van der Waals surface area contributed by atoms with E-state index in [1.54, 1.807) is 0 Å². The van der Waals surface area contributed by atoms with Crippen LogP contribution in [0.15, 0.2) is 59.2 Å². The molecule has 0 saturated heterocycles. The van der Waals surface area contributed by atoms with E-state index in [-0.39, 0.29) is 0 Å². The van der Waals surface area contributed by atoms with Crippen LogP contribution in [0.4, 0.5) is 0 Å². The van der Waals surface area contributed by atoms with Crippen LogP contribution in [0.1, 0.15) is 0 Å². The van der Waals surface area contributed by atoms with E-state index in [1.165, 1.54) is 0 Å². The van der Waals surface area contributed by atoms with Gasteiger partial charge in [-0.2, -0.15) is 5.10 Å². The van der Waals surface area contributed by atoms with Crippen LogP contribution in [-0.4, -0.2) is 9.78 Å². The highest BCUT2D eigenvalue weighted by Crippen LogP contribution is 2.19. The van der Waals surface area contributed by atoms with E-state index in [1.807, 2.05) is 53.3 Å². The molecule has 0 bridgehead atoms. The van der Waals surface area contributed by atoms with Crippen molar-refractivity contribution < 1.29 is 0 Å². The lowest BCUT2D eigenvalue weighted by molar-refractivity contribution is 0.896. The zero-order valence-electron chi connectivity index (χ0n) is 8.47. The Balaban J connectivity index is 2.19. The molecule has 0 aliphatic heterocycles. The molecular weight excluding hydrogens is 264 g/mol. The second-order valence-electron chi connectivity index (χ2n) is 3.61. The van der Waals surface area contributed by atoms with Crippen LogP contribution >= 0.6 is 15.9 Å². The highest BCUT2D eigenvalue weighted by molar-refractivity contribution is 9.10. The third-order valence-electron chi connectivity index (χ3n) is 2.49. The lowest BCUT2D eigenvalue weighted by Gasteiger charge is -1.98. The first kappa shape index (κ1) is 9.60. The van der Waals surface area contributed by atoms with Crippen LogP contribution in [0.5, 0.6) is 0 Å².